The Bertz CT molecular complexity index is 788. The number of carbonyl (C=O) groups excluding carboxylic acids is 1. The van der Waals surface area contributed by atoms with Crippen molar-refractivity contribution in [2.45, 2.75) is 39.7 Å². The van der Waals surface area contributed by atoms with Gasteiger partial charge >= 0.3 is 0 Å². The average Bonchev–Trinajstić information content (AvgIpc) is 2.77. The Morgan fingerprint density at radius 2 is 2.22 bits per heavy atom. The molecule has 1 amide bonds. The van der Waals surface area contributed by atoms with Gasteiger partial charge in [-0.15, -0.1) is 0 Å². The van der Waals surface area contributed by atoms with Gasteiger partial charge in [0.25, 0.3) is 11.5 Å². The zero-order valence-electron chi connectivity index (χ0n) is 14.2. The van der Waals surface area contributed by atoms with Gasteiger partial charge in [-0.25, -0.2) is 4.98 Å². The minimum absolute atomic E-state index is 0.0436. The monoisotopic (exact) mass is 320 g/mol. The van der Waals surface area contributed by atoms with E-state index in [0.717, 1.165) is 6.42 Å². The van der Waals surface area contributed by atoms with Gasteiger partial charge in [0.05, 0.1) is 16.6 Å². The van der Waals surface area contributed by atoms with Crippen molar-refractivity contribution in [2.24, 2.45) is 13.0 Å². The van der Waals surface area contributed by atoms with E-state index in [4.69, 9.17) is 0 Å². The second kappa shape index (κ2) is 6.16. The molecule has 23 heavy (non-hydrogen) atoms. The quantitative estimate of drug-likeness (QED) is 0.768. The first-order chi connectivity index (χ1) is 10.7. The number of hydrogen-bond acceptors (Lipinski definition) is 4. The summed E-state index contributed by atoms with van der Waals surface area (Å²) in [6.07, 6.45) is 0.805. The van der Waals surface area contributed by atoms with Crippen molar-refractivity contribution in [1.29, 1.82) is 0 Å². The highest BCUT2D eigenvalue weighted by molar-refractivity contribution is 6.05. The SMILES string of the molecule is CCC(C)C(C)(O)CNC(=O)c1cc(C)nc2c1c(=O)[nH]n2C. The minimum atomic E-state index is -1.01. The van der Waals surface area contributed by atoms with E-state index in [-0.39, 0.29) is 34.9 Å². The molecule has 7 heteroatoms. The van der Waals surface area contributed by atoms with Crippen molar-refractivity contribution >= 4 is 16.9 Å². The van der Waals surface area contributed by atoms with Crippen molar-refractivity contribution in [3.63, 3.8) is 0 Å². The third-order valence-electron chi connectivity index (χ3n) is 4.47. The summed E-state index contributed by atoms with van der Waals surface area (Å²) in [6, 6.07) is 1.59. The molecular formula is C16H24N4O3. The molecule has 2 heterocycles. The van der Waals surface area contributed by atoms with E-state index in [2.05, 4.69) is 15.4 Å². The van der Waals surface area contributed by atoms with Crippen LogP contribution >= 0.6 is 0 Å². The van der Waals surface area contributed by atoms with Crippen molar-refractivity contribution in [1.82, 2.24) is 20.1 Å². The van der Waals surface area contributed by atoms with Gasteiger partial charge in [0, 0.05) is 19.3 Å². The van der Waals surface area contributed by atoms with Crippen LogP contribution in [0.25, 0.3) is 11.0 Å². The number of aryl methyl sites for hydroxylation is 2. The molecule has 7 nitrogen and oxygen atoms in total. The van der Waals surface area contributed by atoms with Crippen LogP contribution in [0.4, 0.5) is 0 Å². The number of aromatic nitrogens is 3. The zero-order chi connectivity index (χ0) is 17.4. The first kappa shape index (κ1) is 17.2. The number of nitrogens with zero attached hydrogens (tertiary/aromatic N) is 2. The van der Waals surface area contributed by atoms with Gasteiger partial charge in [-0.1, -0.05) is 20.3 Å². The van der Waals surface area contributed by atoms with Gasteiger partial charge in [0.1, 0.15) is 0 Å². The molecule has 2 rings (SSSR count). The fraction of sp³-hybridized carbons (Fsp3) is 0.562. The average molecular weight is 320 g/mol. The van der Waals surface area contributed by atoms with Crippen LogP contribution in [-0.2, 0) is 7.05 Å². The van der Waals surface area contributed by atoms with Gasteiger partial charge in [-0.05, 0) is 25.8 Å². The smallest absolute Gasteiger partial charge is 0.274 e. The normalized spacial score (nSPS) is 15.4. The topological polar surface area (TPSA) is 100 Å². The first-order valence-corrected chi connectivity index (χ1v) is 7.74. The number of rotatable bonds is 5. The lowest BCUT2D eigenvalue weighted by atomic mass is 9.88. The van der Waals surface area contributed by atoms with Crippen molar-refractivity contribution < 1.29 is 9.90 Å². The Hall–Kier alpha value is -2.15. The molecular weight excluding hydrogens is 296 g/mol. The summed E-state index contributed by atoms with van der Waals surface area (Å²) in [7, 11) is 1.67. The third-order valence-corrected chi connectivity index (χ3v) is 4.47. The van der Waals surface area contributed by atoms with Crippen molar-refractivity contribution in [3.8, 4) is 0 Å². The molecule has 0 aliphatic rings. The number of H-pyrrole nitrogens is 1. The van der Waals surface area contributed by atoms with E-state index < -0.39 is 5.60 Å². The fourth-order valence-corrected chi connectivity index (χ4v) is 2.53. The maximum absolute atomic E-state index is 12.5. The van der Waals surface area contributed by atoms with Crippen LogP contribution in [0.2, 0.25) is 0 Å². The predicted octanol–water partition coefficient (Wildman–Crippen LogP) is 1.10. The fourth-order valence-electron chi connectivity index (χ4n) is 2.53. The van der Waals surface area contributed by atoms with E-state index in [1.165, 1.54) is 4.68 Å². The molecule has 2 unspecified atom stereocenters. The highest BCUT2D eigenvalue weighted by atomic mass is 16.3. The number of aromatic amines is 1. The molecule has 0 fully saturated rings. The second-order valence-corrected chi connectivity index (χ2v) is 6.36. The summed E-state index contributed by atoms with van der Waals surface area (Å²) in [5.41, 5.74) is -0.00255. The van der Waals surface area contributed by atoms with Gasteiger partial charge in [-0.2, -0.15) is 0 Å². The van der Waals surface area contributed by atoms with Gasteiger partial charge in [-0.3, -0.25) is 19.4 Å². The van der Waals surface area contributed by atoms with Gasteiger partial charge < -0.3 is 10.4 Å². The third kappa shape index (κ3) is 3.29. The number of pyridine rings is 1. The standard InChI is InChI=1S/C16H24N4O3/c1-6-9(2)16(4,23)8-17-14(21)11-7-10(3)18-13-12(11)15(22)19-20(13)5/h7,9,23H,6,8H2,1-5H3,(H,17,21)(H,19,22). The first-order valence-electron chi connectivity index (χ1n) is 7.74. The summed E-state index contributed by atoms with van der Waals surface area (Å²) in [5.74, 6) is -0.345. The molecule has 2 aromatic rings. The summed E-state index contributed by atoms with van der Waals surface area (Å²) >= 11 is 0. The van der Waals surface area contributed by atoms with Crippen LogP contribution in [0.15, 0.2) is 10.9 Å². The molecule has 126 valence electrons. The molecule has 0 bridgehead atoms. The van der Waals surface area contributed by atoms with Gasteiger partial charge in [0.15, 0.2) is 5.65 Å². The summed E-state index contributed by atoms with van der Waals surface area (Å²) in [6.45, 7) is 7.50. The minimum Gasteiger partial charge on any atom is -0.388 e. The lowest BCUT2D eigenvalue weighted by Crippen LogP contribution is -2.45. The summed E-state index contributed by atoms with van der Waals surface area (Å²) in [5, 5.41) is 16.0. The molecule has 2 atom stereocenters. The second-order valence-electron chi connectivity index (χ2n) is 6.36. The van der Waals surface area contributed by atoms with Crippen LogP contribution in [-0.4, -0.2) is 37.9 Å². The van der Waals surface area contributed by atoms with Crippen LogP contribution in [0.1, 0.15) is 43.2 Å². The Balaban J connectivity index is 2.34. The summed E-state index contributed by atoms with van der Waals surface area (Å²) in [4.78, 5) is 28.9. The van der Waals surface area contributed by atoms with E-state index in [1.807, 2.05) is 13.8 Å². The zero-order valence-corrected chi connectivity index (χ0v) is 14.2. The Kier molecular flexibility index (Phi) is 4.61. The van der Waals surface area contributed by atoms with Crippen LogP contribution in [0, 0.1) is 12.8 Å². The van der Waals surface area contributed by atoms with Crippen molar-refractivity contribution in [2.75, 3.05) is 6.54 Å². The number of amides is 1. The predicted molar refractivity (Wildman–Crippen MR) is 88.5 cm³/mol. The molecule has 0 radical (unpaired) electrons. The van der Waals surface area contributed by atoms with E-state index in [1.54, 1.807) is 27.0 Å². The molecule has 0 aliphatic carbocycles. The molecule has 0 saturated heterocycles. The molecule has 0 aromatic carbocycles. The molecule has 0 spiro atoms. The van der Waals surface area contributed by atoms with Crippen LogP contribution in [0.5, 0.6) is 0 Å². The number of fused-ring (bicyclic) bond motifs is 1. The number of nitrogens with one attached hydrogen (secondary N) is 2. The number of aliphatic hydroxyl groups is 1. The largest absolute Gasteiger partial charge is 0.388 e. The lowest BCUT2D eigenvalue weighted by Gasteiger charge is -2.29. The Labute approximate surface area is 134 Å². The molecule has 2 aromatic heterocycles. The number of carbonyl (C=O) groups is 1. The van der Waals surface area contributed by atoms with E-state index in [0.29, 0.717) is 11.3 Å². The van der Waals surface area contributed by atoms with Crippen LogP contribution < -0.4 is 10.9 Å². The van der Waals surface area contributed by atoms with Gasteiger partial charge in [0.2, 0.25) is 0 Å². The van der Waals surface area contributed by atoms with Crippen LogP contribution in [0.3, 0.4) is 0 Å². The maximum Gasteiger partial charge on any atom is 0.274 e. The Morgan fingerprint density at radius 3 is 2.83 bits per heavy atom. The summed E-state index contributed by atoms with van der Waals surface area (Å²) < 4.78 is 1.50. The maximum atomic E-state index is 12.5. The van der Waals surface area contributed by atoms with E-state index in [9.17, 15) is 14.7 Å². The number of hydrogen-bond donors (Lipinski definition) is 3. The van der Waals surface area contributed by atoms with E-state index >= 15 is 0 Å². The lowest BCUT2D eigenvalue weighted by molar-refractivity contribution is 0.00594. The Morgan fingerprint density at radius 1 is 1.57 bits per heavy atom. The highest BCUT2D eigenvalue weighted by Gasteiger charge is 2.28. The molecule has 0 saturated carbocycles. The molecule has 0 aliphatic heterocycles. The van der Waals surface area contributed by atoms with Crippen molar-refractivity contribution in [3.05, 3.63) is 27.7 Å². The highest BCUT2D eigenvalue weighted by Crippen LogP contribution is 2.19. The molecule has 3 N–H and O–H groups in total.